The van der Waals surface area contributed by atoms with Crippen molar-refractivity contribution >= 4 is 0 Å². The molecule has 0 saturated heterocycles. The first-order chi connectivity index (χ1) is 11.7. The summed E-state index contributed by atoms with van der Waals surface area (Å²) in [6, 6.07) is 0. The molecule has 1 aromatic rings. The Kier molecular flexibility index (Phi) is 15.0. The quantitative estimate of drug-likeness (QED) is 0.561. The molecule has 0 aliphatic carbocycles. The second kappa shape index (κ2) is 14.3. The van der Waals surface area contributed by atoms with E-state index in [0.717, 1.165) is 38.1 Å². The van der Waals surface area contributed by atoms with Crippen molar-refractivity contribution in [1.82, 2.24) is 15.0 Å². The maximum atomic E-state index is 6.03. The summed E-state index contributed by atoms with van der Waals surface area (Å²) in [6.45, 7) is 22.9. The third kappa shape index (κ3) is 14.0. The third-order valence-electron chi connectivity index (χ3n) is 3.49. The Hall–Kier alpha value is -0.940. The van der Waals surface area contributed by atoms with Crippen LogP contribution < -0.4 is 0 Å². The van der Waals surface area contributed by atoms with Crippen LogP contribution in [0.3, 0.4) is 0 Å². The summed E-state index contributed by atoms with van der Waals surface area (Å²) >= 11 is 0. The van der Waals surface area contributed by atoms with Gasteiger partial charge in [0.25, 0.3) is 0 Å². The summed E-state index contributed by atoms with van der Waals surface area (Å²) < 4.78 is 13.7. The highest BCUT2D eigenvalue weighted by atomic mass is 16.5. The zero-order valence-electron chi connectivity index (χ0n) is 18.5. The molecule has 0 unspecified atom stereocenters. The summed E-state index contributed by atoms with van der Waals surface area (Å²) in [4.78, 5) is 0. The lowest BCUT2D eigenvalue weighted by Crippen LogP contribution is -2.31. The van der Waals surface area contributed by atoms with E-state index in [1.165, 1.54) is 0 Å². The first-order valence-corrected chi connectivity index (χ1v) is 9.89. The van der Waals surface area contributed by atoms with Crippen LogP contribution in [-0.4, -0.2) is 39.4 Å². The van der Waals surface area contributed by atoms with Crippen LogP contribution in [0.2, 0.25) is 0 Å². The third-order valence-corrected chi connectivity index (χ3v) is 3.49. The van der Waals surface area contributed by atoms with E-state index in [2.05, 4.69) is 44.9 Å². The lowest BCUT2D eigenvalue weighted by molar-refractivity contribution is -0.0754. The number of ether oxygens (including phenoxy) is 2. The van der Waals surface area contributed by atoms with E-state index in [-0.39, 0.29) is 11.2 Å². The number of aryl methyl sites for hydroxylation is 2. The van der Waals surface area contributed by atoms with Gasteiger partial charge < -0.3 is 9.47 Å². The van der Waals surface area contributed by atoms with Crippen molar-refractivity contribution in [3.8, 4) is 0 Å². The summed E-state index contributed by atoms with van der Waals surface area (Å²) in [5, 5.41) is 8.06. The molecule has 0 atom stereocenters. The first kappa shape index (κ1) is 26.3. The Balaban J connectivity index is 0. The Morgan fingerprint density at radius 1 is 0.920 bits per heavy atom. The topological polar surface area (TPSA) is 49.2 Å². The normalized spacial score (nSPS) is 11.3. The van der Waals surface area contributed by atoms with E-state index in [4.69, 9.17) is 9.47 Å². The van der Waals surface area contributed by atoms with Gasteiger partial charge in [0.05, 0.1) is 23.5 Å². The number of rotatable bonds is 10. The zero-order valence-corrected chi connectivity index (χ0v) is 18.5. The lowest BCUT2D eigenvalue weighted by Gasteiger charge is -2.29. The molecule has 0 N–H and O–H groups in total. The Labute approximate surface area is 156 Å². The fourth-order valence-electron chi connectivity index (χ4n) is 1.98. The molecular weight excluding hydrogens is 314 g/mol. The van der Waals surface area contributed by atoms with E-state index in [9.17, 15) is 0 Å². The molecule has 0 aromatic carbocycles. The van der Waals surface area contributed by atoms with Gasteiger partial charge in [-0.25, -0.2) is 0 Å². The number of hydrogen-bond donors (Lipinski definition) is 0. The van der Waals surface area contributed by atoms with Crippen LogP contribution in [0.15, 0.2) is 6.20 Å². The van der Waals surface area contributed by atoms with Gasteiger partial charge >= 0.3 is 0 Å². The van der Waals surface area contributed by atoms with Gasteiger partial charge in [0.15, 0.2) is 0 Å². The molecule has 0 aliphatic heterocycles. The number of hydrogen-bond acceptors (Lipinski definition) is 4. The van der Waals surface area contributed by atoms with Crippen LogP contribution in [0, 0.1) is 6.92 Å². The van der Waals surface area contributed by atoms with Gasteiger partial charge in [-0.1, -0.05) is 39.8 Å². The van der Waals surface area contributed by atoms with E-state index >= 15 is 0 Å². The van der Waals surface area contributed by atoms with Crippen LogP contribution in [0.25, 0.3) is 0 Å². The predicted octanol–water partition coefficient (Wildman–Crippen LogP) is 5.42. The standard InChI is InChI=1S/C16H31N3O2.2C2H6/c1-7-11-20-16(5,6)9-12-21-15(3,4)8-10-19-13-14(2)17-18-19;2*1-2/h13H,7-12H2,1-6H3;2*1-2H3. The van der Waals surface area contributed by atoms with E-state index in [0.29, 0.717) is 6.61 Å². The monoisotopic (exact) mass is 357 g/mol. The predicted molar refractivity (Wildman–Crippen MR) is 107 cm³/mol. The maximum absolute atomic E-state index is 6.03. The summed E-state index contributed by atoms with van der Waals surface area (Å²) in [5.74, 6) is 0. The van der Waals surface area contributed by atoms with E-state index < -0.39 is 0 Å². The van der Waals surface area contributed by atoms with Crippen LogP contribution in [0.4, 0.5) is 0 Å². The smallest absolute Gasteiger partial charge is 0.0796 e. The molecule has 1 rings (SSSR count). The van der Waals surface area contributed by atoms with Crippen molar-refractivity contribution in [2.45, 2.75) is 106 Å². The molecule has 0 aliphatic rings. The molecule has 25 heavy (non-hydrogen) atoms. The minimum Gasteiger partial charge on any atom is -0.375 e. The highest BCUT2D eigenvalue weighted by Gasteiger charge is 2.22. The van der Waals surface area contributed by atoms with Crippen molar-refractivity contribution in [1.29, 1.82) is 0 Å². The molecule has 0 bridgehead atoms. The van der Waals surface area contributed by atoms with E-state index in [1.807, 2.05) is 45.5 Å². The molecule has 0 saturated carbocycles. The van der Waals surface area contributed by atoms with Crippen LogP contribution in [0.5, 0.6) is 0 Å². The average molecular weight is 358 g/mol. The molecule has 0 spiro atoms. The minimum absolute atomic E-state index is 0.116. The van der Waals surface area contributed by atoms with Crippen LogP contribution in [0.1, 0.15) is 87.3 Å². The van der Waals surface area contributed by atoms with Gasteiger partial charge in [-0.15, -0.1) is 5.10 Å². The first-order valence-electron chi connectivity index (χ1n) is 9.89. The number of aromatic nitrogens is 3. The fraction of sp³-hybridized carbons (Fsp3) is 0.900. The van der Waals surface area contributed by atoms with Gasteiger partial charge in [-0.2, -0.15) is 0 Å². The second-order valence-corrected chi connectivity index (χ2v) is 6.84. The van der Waals surface area contributed by atoms with Crippen LogP contribution in [-0.2, 0) is 16.0 Å². The zero-order chi connectivity index (χ0) is 19.9. The molecule has 5 heteroatoms. The molecular formula is C20H43N3O2. The van der Waals surface area contributed by atoms with Crippen molar-refractivity contribution in [3.63, 3.8) is 0 Å². The summed E-state index contributed by atoms with van der Waals surface area (Å²) in [7, 11) is 0. The molecule has 0 fully saturated rings. The number of nitrogens with zero attached hydrogens (tertiary/aromatic N) is 3. The Morgan fingerprint density at radius 3 is 1.92 bits per heavy atom. The molecule has 0 amide bonds. The Bertz CT molecular complexity index is 415. The summed E-state index contributed by atoms with van der Waals surface area (Å²) in [6.07, 6.45) is 4.82. The average Bonchev–Trinajstić information content (AvgIpc) is 3.00. The second-order valence-electron chi connectivity index (χ2n) is 6.84. The van der Waals surface area contributed by atoms with Crippen LogP contribution >= 0.6 is 0 Å². The largest absolute Gasteiger partial charge is 0.375 e. The molecule has 150 valence electrons. The molecule has 5 nitrogen and oxygen atoms in total. The highest BCUT2D eigenvalue weighted by molar-refractivity contribution is 4.86. The van der Waals surface area contributed by atoms with Gasteiger partial charge in [-0.3, -0.25) is 4.68 Å². The summed E-state index contributed by atoms with van der Waals surface area (Å²) in [5.41, 5.74) is 0.666. The lowest BCUT2D eigenvalue weighted by atomic mass is 10.0. The van der Waals surface area contributed by atoms with Crippen molar-refractivity contribution < 1.29 is 9.47 Å². The SMILES string of the molecule is CC.CC.CCCOC(C)(C)CCOC(C)(C)CCn1cc(C)nn1. The van der Waals surface area contributed by atoms with Gasteiger partial charge in [0.2, 0.25) is 0 Å². The maximum Gasteiger partial charge on any atom is 0.0796 e. The van der Waals surface area contributed by atoms with Crippen molar-refractivity contribution in [3.05, 3.63) is 11.9 Å². The van der Waals surface area contributed by atoms with Crippen molar-refractivity contribution in [2.24, 2.45) is 0 Å². The van der Waals surface area contributed by atoms with Gasteiger partial charge in [-0.05, 0) is 53.9 Å². The minimum atomic E-state index is -0.166. The molecule has 0 radical (unpaired) electrons. The van der Waals surface area contributed by atoms with E-state index in [1.54, 1.807) is 0 Å². The van der Waals surface area contributed by atoms with Gasteiger partial charge in [0.1, 0.15) is 0 Å². The molecule has 1 aromatic heterocycles. The highest BCUT2D eigenvalue weighted by Crippen LogP contribution is 2.20. The van der Waals surface area contributed by atoms with Crippen molar-refractivity contribution in [2.75, 3.05) is 13.2 Å². The Morgan fingerprint density at radius 2 is 1.44 bits per heavy atom. The molecule has 1 heterocycles. The van der Waals surface area contributed by atoms with Gasteiger partial charge in [0, 0.05) is 19.3 Å². The fourth-order valence-corrected chi connectivity index (χ4v) is 1.98.